The van der Waals surface area contributed by atoms with Crippen molar-refractivity contribution in [1.29, 1.82) is 0 Å². The molecule has 2 aromatic rings. The fourth-order valence-electron chi connectivity index (χ4n) is 2.64. The number of hydrogen-bond acceptors (Lipinski definition) is 4. The number of ether oxygens (including phenoxy) is 1. The molecule has 0 saturated carbocycles. The van der Waals surface area contributed by atoms with Crippen molar-refractivity contribution in [3.8, 4) is 0 Å². The molecule has 27 heavy (non-hydrogen) atoms. The van der Waals surface area contributed by atoms with Gasteiger partial charge in [-0.15, -0.1) is 0 Å². The Labute approximate surface area is 159 Å². The number of rotatable bonds is 8. The van der Waals surface area contributed by atoms with E-state index in [-0.39, 0.29) is 31.4 Å². The lowest BCUT2D eigenvalue weighted by Crippen LogP contribution is -2.34. The van der Waals surface area contributed by atoms with Gasteiger partial charge >= 0.3 is 5.97 Å². The van der Waals surface area contributed by atoms with Gasteiger partial charge in [0.05, 0.1) is 17.9 Å². The number of hydrogen-bond donors (Lipinski definition) is 1. The molecule has 2 aromatic carbocycles. The maximum absolute atomic E-state index is 12.2. The van der Waals surface area contributed by atoms with Crippen LogP contribution in [0.5, 0.6) is 0 Å². The second-order valence-corrected chi connectivity index (χ2v) is 5.92. The van der Waals surface area contributed by atoms with Crippen molar-refractivity contribution in [2.24, 2.45) is 0 Å². The van der Waals surface area contributed by atoms with E-state index >= 15 is 0 Å². The predicted octanol–water partition coefficient (Wildman–Crippen LogP) is 2.92. The number of carbonyl (C=O) groups is 3. The molecule has 0 aliphatic rings. The number of anilines is 1. The lowest BCUT2D eigenvalue weighted by molar-refractivity contribution is -0.121. The molecule has 0 spiro atoms. The Kier molecular flexibility index (Phi) is 7.55. The Morgan fingerprint density at radius 3 is 2.33 bits per heavy atom. The van der Waals surface area contributed by atoms with E-state index in [1.807, 2.05) is 30.3 Å². The smallest absolute Gasteiger partial charge is 0.340 e. The Hall–Kier alpha value is -3.15. The molecule has 0 atom stereocenters. The molecule has 6 nitrogen and oxygen atoms in total. The van der Waals surface area contributed by atoms with E-state index in [9.17, 15) is 14.4 Å². The fourth-order valence-corrected chi connectivity index (χ4v) is 2.64. The summed E-state index contributed by atoms with van der Waals surface area (Å²) < 4.78 is 5.06. The zero-order valence-corrected chi connectivity index (χ0v) is 15.6. The van der Waals surface area contributed by atoms with Gasteiger partial charge in [-0.05, 0) is 24.6 Å². The first kappa shape index (κ1) is 20.2. The first-order valence-electron chi connectivity index (χ1n) is 8.87. The quantitative estimate of drug-likeness (QED) is 0.727. The van der Waals surface area contributed by atoms with Gasteiger partial charge in [0.15, 0.2) is 0 Å². The molecule has 2 amide bonds. The van der Waals surface area contributed by atoms with E-state index in [0.717, 1.165) is 5.56 Å². The number of esters is 1. The third-order valence-electron chi connectivity index (χ3n) is 3.97. The standard InChI is InChI=1S/C21H24N2O4/c1-3-27-21(26)18-11-7-8-12-19(18)23(16(2)24)14-13-20(25)22-15-17-9-5-4-6-10-17/h4-12H,3,13-15H2,1-2H3,(H,22,25). The second kappa shape index (κ2) is 10.1. The molecule has 0 fully saturated rings. The highest BCUT2D eigenvalue weighted by Gasteiger charge is 2.20. The normalized spacial score (nSPS) is 10.1. The highest BCUT2D eigenvalue weighted by Crippen LogP contribution is 2.22. The summed E-state index contributed by atoms with van der Waals surface area (Å²) >= 11 is 0. The Balaban J connectivity index is 2.03. The molecule has 2 rings (SSSR count). The molecule has 0 radical (unpaired) electrons. The zero-order chi connectivity index (χ0) is 19.6. The number of para-hydroxylation sites is 1. The number of amides is 2. The summed E-state index contributed by atoms with van der Waals surface area (Å²) in [7, 11) is 0. The summed E-state index contributed by atoms with van der Waals surface area (Å²) in [5, 5.41) is 2.83. The summed E-state index contributed by atoms with van der Waals surface area (Å²) in [6.07, 6.45) is 0.129. The van der Waals surface area contributed by atoms with E-state index in [1.54, 1.807) is 31.2 Å². The average Bonchev–Trinajstić information content (AvgIpc) is 2.67. The number of nitrogens with zero attached hydrogens (tertiary/aromatic N) is 1. The van der Waals surface area contributed by atoms with Gasteiger partial charge in [0, 0.05) is 26.4 Å². The van der Waals surface area contributed by atoms with E-state index in [0.29, 0.717) is 17.8 Å². The Morgan fingerprint density at radius 1 is 1.00 bits per heavy atom. The van der Waals surface area contributed by atoms with Crippen molar-refractivity contribution in [1.82, 2.24) is 5.32 Å². The molecule has 0 heterocycles. The molecule has 0 unspecified atom stereocenters. The summed E-state index contributed by atoms with van der Waals surface area (Å²) in [6, 6.07) is 16.3. The van der Waals surface area contributed by atoms with Gasteiger partial charge in [-0.3, -0.25) is 9.59 Å². The van der Waals surface area contributed by atoms with E-state index < -0.39 is 5.97 Å². The number of carbonyl (C=O) groups excluding carboxylic acids is 3. The van der Waals surface area contributed by atoms with Crippen LogP contribution in [0.2, 0.25) is 0 Å². The molecule has 1 N–H and O–H groups in total. The van der Waals surface area contributed by atoms with Crippen LogP contribution in [0.15, 0.2) is 54.6 Å². The van der Waals surface area contributed by atoms with E-state index in [4.69, 9.17) is 4.74 Å². The van der Waals surface area contributed by atoms with Crippen LogP contribution in [0.1, 0.15) is 36.2 Å². The topological polar surface area (TPSA) is 75.7 Å². The summed E-state index contributed by atoms with van der Waals surface area (Å²) in [5.41, 5.74) is 1.75. The maximum atomic E-state index is 12.2. The predicted molar refractivity (Wildman–Crippen MR) is 103 cm³/mol. The minimum atomic E-state index is -0.493. The molecule has 0 aliphatic heterocycles. The SMILES string of the molecule is CCOC(=O)c1ccccc1N(CCC(=O)NCc1ccccc1)C(C)=O. The summed E-state index contributed by atoms with van der Waals surface area (Å²) in [6.45, 7) is 3.98. The Morgan fingerprint density at radius 2 is 1.67 bits per heavy atom. The lowest BCUT2D eigenvalue weighted by atomic mass is 10.1. The minimum Gasteiger partial charge on any atom is -0.462 e. The van der Waals surface area contributed by atoms with Gasteiger partial charge in [-0.2, -0.15) is 0 Å². The zero-order valence-electron chi connectivity index (χ0n) is 15.6. The van der Waals surface area contributed by atoms with Crippen molar-refractivity contribution in [2.75, 3.05) is 18.1 Å². The van der Waals surface area contributed by atoms with Crippen LogP contribution < -0.4 is 10.2 Å². The van der Waals surface area contributed by atoms with Gasteiger partial charge < -0.3 is 15.0 Å². The maximum Gasteiger partial charge on any atom is 0.340 e. The summed E-state index contributed by atoms with van der Waals surface area (Å²) in [5.74, 6) is -0.908. The summed E-state index contributed by atoms with van der Waals surface area (Å²) in [4.78, 5) is 37.8. The molecule has 142 valence electrons. The third-order valence-corrected chi connectivity index (χ3v) is 3.97. The van der Waals surface area contributed by atoms with Gasteiger partial charge in [0.2, 0.25) is 11.8 Å². The first-order valence-corrected chi connectivity index (χ1v) is 8.87. The van der Waals surface area contributed by atoms with Crippen molar-refractivity contribution < 1.29 is 19.1 Å². The van der Waals surface area contributed by atoms with Crippen molar-refractivity contribution in [2.45, 2.75) is 26.8 Å². The molecular weight excluding hydrogens is 344 g/mol. The molecule has 0 aliphatic carbocycles. The van der Waals surface area contributed by atoms with E-state index in [2.05, 4.69) is 5.32 Å². The third kappa shape index (κ3) is 5.95. The van der Waals surface area contributed by atoms with E-state index in [1.165, 1.54) is 11.8 Å². The van der Waals surface area contributed by atoms with Gasteiger partial charge in [0.1, 0.15) is 0 Å². The number of benzene rings is 2. The molecule has 0 saturated heterocycles. The molecule has 0 bridgehead atoms. The van der Waals surface area contributed by atoms with Gasteiger partial charge in [0.25, 0.3) is 0 Å². The van der Waals surface area contributed by atoms with Crippen LogP contribution in [0.3, 0.4) is 0 Å². The lowest BCUT2D eigenvalue weighted by Gasteiger charge is -2.23. The fraction of sp³-hybridized carbons (Fsp3) is 0.286. The van der Waals surface area contributed by atoms with Gasteiger partial charge in [-0.25, -0.2) is 4.79 Å². The monoisotopic (exact) mass is 368 g/mol. The largest absolute Gasteiger partial charge is 0.462 e. The highest BCUT2D eigenvalue weighted by atomic mass is 16.5. The first-order chi connectivity index (χ1) is 13.0. The highest BCUT2D eigenvalue weighted by molar-refractivity contribution is 6.02. The Bertz CT molecular complexity index is 790. The number of nitrogens with one attached hydrogen (secondary N) is 1. The molecular formula is C21H24N2O4. The van der Waals surface area contributed by atoms with Crippen molar-refractivity contribution >= 4 is 23.5 Å². The average molecular weight is 368 g/mol. The molecule has 0 aromatic heterocycles. The second-order valence-electron chi connectivity index (χ2n) is 5.92. The van der Waals surface area contributed by atoms with Crippen LogP contribution in [0.25, 0.3) is 0 Å². The van der Waals surface area contributed by atoms with Crippen molar-refractivity contribution in [3.63, 3.8) is 0 Å². The van der Waals surface area contributed by atoms with Gasteiger partial charge in [-0.1, -0.05) is 42.5 Å². The van der Waals surface area contributed by atoms with Crippen LogP contribution >= 0.6 is 0 Å². The molecule has 6 heteroatoms. The van der Waals surface area contributed by atoms with Crippen LogP contribution in [-0.4, -0.2) is 30.9 Å². The minimum absolute atomic E-state index is 0.129. The van der Waals surface area contributed by atoms with Crippen LogP contribution in [0.4, 0.5) is 5.69 Å². The van der Waals surface area contributed by atoms with Crippen LogP contribution in [0, 0.1) is 0 Å². The van der Waals surface area contributed by atoms with Crippen molar-refractivity contribution in [3.05, 3.63) is 65.7 Å². The van der Waals surface area contributed by atoms with Crippen LogP contribution in [-0.2, 0) is 20.9 Å².